The average molecular weight is 226 g/mol. The van der Waals surface area contributed by atoms with E-state index in [1.165, 1.54) is 25.3 Å². The van der Waals surface area contributed by atoms with Gasteiger partial charge in [-0.05, 0) is 18.6 Å². The molecule has 0 saturated heterocycles. The normalized spacial score (nSPS) is 11.9. The average Bonchev–Trinajstić information content (AvgIpc) is 2.27. The summed E-state index contributed by atoms with van der Waals surface area (Å²) in [6.07, 6.45) is 0.565. The van der Waals surface area contributed by atoms with Crippen LogP contribution in [-0.4, -0.2) is 19.1 Å². The molecule has 1 rings (SSSR count). The van der Waals surface area contributed by atoms with Gasteiger partial charge in [0.15, 0.2) is 11.6 Å². The molecule has 0 aliphatic rings. The summed E-state index contributed by atoms with van der Waals surface area (Å²) >= 11 is 0. The van der Waals surface area contributed by atoms with Crippen LogP contribution in [0.2, 0.25) is 0 Å². The van der Waals surface area contributed by atoms with Crippen LogP contribution in [0, 0.1) is 5.82 Å². The number of halogens is 1. The molecule has 0 bridgehead atoms. The molecule has 5 heteroatoms. The molecule has 0 aromatic heterocycles. The molecule has 1 atom stereocenters. The summed E-state index contributed by atoms with van der Waals surface area (Å²) < 4.78 is 17.9. The van der Waals surface area contributed by atoms with Crippen LogP contribution in [0.15, 0.2) is 18.2 Å². The highest BCUT2D eigenvalue weighted by molar-refractivity contribution is 5.82. The van der Waals surface area contributed by atoms with E-state index in [1.807, 2.05) is 6.92 Å². The van der Waals surface area contributed by atoms with E-state index in [2.05, 4.69) is 5.32 Å². The lowest BCUT2D eigenvalue weighted by Crippen LogP contribution is -2.34. The van der Waals surface area contributed by atoms with Gasteiger partial charge in [-0.15, -0.1) is 0 Å². The molecule has 0 radical (unpaired) electrons. The van der Waals surface area contributed by atoms with Crippen molar-refractivity contribution in [2.45, 2.75) is 19.4 Å². The maximum absolute atomic E-state index is 13.1. The molecule has 0 aliphatic carbocycles. The number of nitrogens with two attached hydrogens (primary N) is 1. The van der Waals surface area contributed by atoms with Crippen molar-refractivity contribution in [2.24, 2.45) is 5.73 Å². The van der Waals surface area contributed by atoms with Crippen molar-refractivity contribution in [3.8, 4) is 5.75 Å². The number of hydrogen-bond donors (Lipinski definition) is 2. The fourth-order valence-corrected chi connectivity index (χ4v) is 1.33. The zero-order valence-electron chi connectivity index (χ0n) is 9.29. The molecule has 0 aliphatic heterocycles. The number of ether oxygens (including phenoxy) is 1. The number of carbonyl (C=O) groups is 1. The quantitative estimate of drug-likeness (QED) is 0.799. The third-order valence-corrected chi connectivity index (χ3v) is 2.24. The van der Waals surface area contributed by atoms with Crippen LogP contribution in [0.5, 0.6) is 5.75 Å². The van der Waals surface area contributed by atoms with E-state index < -0.39 is 17.8 Å². The summed E-state index contributed by atoms with van der Waals surface area (Å²) in [5.74, 6) is -0.754. The Bertz CT molecular complexity index is 382. The first kappa shape index (κ1) is 12.3. The number of benzene rings is 1. The van der Waals surface area contributed by atoms with Gasteiger partial charge in [0, 0.05) is 11.8 Å². The monoisotopic (exact) mass is 226 g/mol. The fourth-order valence-electron chi connectivity index (χ4n) is 1.33. The van der Waals surface area contributed by atoms with E-state index in [0.29, 0.717) is 12.1 Å². The van der Waals surface area contributed by atoms with E-state index in [4.69, 9.17) is 10.5 Å². The van der Waals surface area contributed by atoms with Gasteiger partial charge in [0.2, 0.25) is 5.91 Å². The Morgan fingerprint density at radius 1 is 1.62 bits per heavy atom. The van der Waals surface area contributed by atoms with E-state index in [9.17, 15) is 9.18 Å². The molecule has 1 aromatic rings. The smallest absolute Gasteiger partial charge is 0.239 e. The molecule has 0 heterocycles. The number of primary amides is 1. The molecule has 3 N–H and O–H groups in total. The molecule has 0 saturated carbocycles. The number of amides is 1. The summed E-state index contributed by atoms with van der Waals surface area (Å²) in [6.45, 7) is 1.84. The lowest BCUT2D eigenvalue weighted by atomic mass is 10.2. The van der Waals surface area contributed by atoms with Crippen molar-refractivity contribution in [1.29, 1.82) is 0 Å². The van der Waals surface area contributed by atoms with Crippen LogP contribution in [-0.2, 0) is 4.79 Å². The molecular weight excluding hydrogens is 211 g/mol. The van der Waals surface area contributed by atoms with Gasteiger partial charge in [0.1, 0.15) is 6.04 Å². The van der Waals surface area contributed by atoms with Crippen LogP contribution < -0.4 is 15.8 Å². The minimum Gasteiger partial charge on any atom is -0.494 e. The fraction of sp³-hybridized carbons (Fsp3) is 0.364. The molecule has 16 heavy (non-hydrogen) atoms. The van der Waals surface area contributed by atoms with Gasteiger partial charge >= 0.3 is 0 Å². The van der Waals surface area contributed by atoms with E-state index in [-0.39, 0.29) is 5.75 Å². The minimum absolute atomic E-state index is 0.129. The Hall–Kier alpha value is -1.78. The number of carbonyl (C=O) groups excluding carboxylic acids is 1. The SMILES string of the molecule is CCC(Nc1ccc(F)c(OC)c1)C(N)=O. The Morgan fingerprint density at radius 2 is 2.31 bits per heavy atom. The van der Waals surface area contributed by atoms with Crippen molar-refractivity contribution in [1.82, 2.24) is 0 Å². The highest BCUT2D eigenvalue weighted by atomic mass is 19.1. The van der Waals surface area contributed by atoms with Gasteiger partial charge in [-0.2, -0.15) is 0 Å². The van der Waals surface area contributed by atoms with Gasteiger partial charge in [-0.1, -0.05) is 6.92 Å². The summed E-state index contributed by atoms with van der Waals surface area (Å²) in [5.41, 5.74) is 5.79. The standard InChI is InChI=1S/C11H15FN2O2/c1-3-9(11(13)15)14-7-4-5-8(12)10(6-7)16-2/h4-6,9,14H,3H2,1-2H3,(H2,13,15). The van der Waals surface area contributed by atoms with Crippen molar-refractivity contribution in [2.75, 3.05) is 12.4 Å². The molecule has 1 amide bonds. The van der Waals surface area contributed by atoms with Gasteiger partial charge < -0.3 is 15.8 Å². The molecule has 0 fully saturated rings. The first-order chi connectivity index (χ1) is 7.58. The molecule has 88 valence electrons. The second kappa shape index (κ2) is 5.34. The first-order valence-corrected chi connectivity index (χ1v) is 4.97. The second-order valence-electron chi connectivity index (χ2n) is 3.36. The van der Waals surface area contributed by atoms with Crippen LogP contribution >= 0.6 is 0 Å². The highest BCUT2D eigenvalue weighted by Crippen LogP contribution is 2.22. The summed E-state index contributed by atoms with van der Waals surface area (Å²) in [5, 5.41) is 2.91. The van der Waals surface area contributed by atoms with Crippen LogP contribution in [0.1, 0.15) is 13.3 Å². The van der Waals surface area contributed by atoms with E-state index >= 15 is 0 Å². The number of nitrogens with one attached hydrogen (secondary N) is 1. The lowest BCUT2D eigenvalue weighted by molar-refractivity contribution is -0.118. The largest absolute Gasteiger partial charge is 0.494 e. The Morgan fingerprint density at radius 3 is 2.81 bits per heavy atom. The van der Waals surface area contributed by atoms with E-state index in [0.717, 1.165) is 0 Å². The molecule has 4 nitrogen and oxygen atoms in total. The van der Waals surface area contributed by atoms with Crippen LogP contribution in [0.25, 0.3) is 0 Å². The van der Waals surface area contributed by atoms with Crippen molar-refractivity contribution in [3.05, 3.63) is 24.0 Å². The van der Waals surface area contributed by atoms with Crippen molar-refractivity contribution in [3.63, 3.8) is 0 Å². The van der Waals surface area contributed by atoms with E-state index in [1.54, 1.807) is 0 Å². The maximum Gasteiger partial charge on any atom is 0.239 e. The number of hydrogen-bond acceptors (Lipinski definition) is 3. The zero-order valence-corrected chi connectivity index (χ0v) is 9.29. The molecule has 1 unspecified atom stereocenters. The maximum atomic E-state index is 13.1. The second-order valence-corrected chi connectivity index (χ2v) is 3.36. The van der Waals surface area contributed by atoms with Crippen LogP contribution in [0.4, 0.5) is 10.1 Å². The highest BCUT2D eigenvalue weighted by Gasteiger charge is 2.13. The van der Waals surface area contributed by atoms with Gasteiger partial charge in [0.25, 0.3) is 0 Å². The van der Waals surface area contributed by atoms with Gasteiger partial charge in [0.05, 0.1) is 7.11 Å². The van der Waals surface area contributed by atoms with Crippen molar-refractivity contribution >= 4 is 11.6 Å². The zero-order chi connectivity index (χ0) is 12.1. The van der Waals surface area contributed by atoms with Crippen molar-refractivity contribution < 1.29 is 13.9 Å². The number of anilines is 1. The molecule has 1 aromatic carbocycles. The Balaban J connectivity index is 2.84. The predicted molar refractivity (Wildman–Crippen MR) is 59.8 cm³/mol. The topological polar surface area (TPSA) is 64.3 Å². The lowest BCUT2D eigenvalue weighted by Gasteiger charge is -2.15. The molecular formula is C11H15FN2O2. The summed E-state index contributed by atoms with van der Waals surface area (Å²) in [6, 6.07) is 3.83. The summed E-state index contributed by atoms with van der Waals surface area (Å²) in [7, 11) is 1.38. The minimum atomic E-state index is -0.463. The predicted octanol–water partition coefficient (Wildman–Crippen LogP) is 1.51. The third kappa shape index (κ3) is 2.85. The molecule has 0 spiro atoms. The first-order valence-electron chi connectivity index (χ1n) is 4.97. The number of rotatable bonds is 5. The number of methoxy groups -OCH3 is 1. The summed E-state index contributed by atoms with van der Waals surface area (Å²) in [4.78, 5) is 11.0. The third-order valence-electron chi connectivity index (χ3n) is 2.24. The van der Waals surface area contributed by atoms with Gasteiger partial charge in [-0.3, -0.25) is 4.79 Å². The van der Waals surface area contributed by atoms with Crippen LogP contribution in [0.3, 0.4) is 0 Å². The van der Waals surface area contributed by atoms with Gasteiger partial charge in [-0.25, -0.2) is 4.39 Å². The Labute approximate surface area is 93.6 Å². The Kier molecular flexibility index (Phi) is 4.10.